The molecule has 0 unspecified atom stereocenters. The quantitative estimate of drug-likeness (QED) is 0.260. The molecule has 0 saturated heterocycles. The van der Waals surface area contributed by atoms with Crippen molar-refractivity contribution in [1.29, 1.82) is 0 Å². The summed E-state index contributed by atoms with van der Waals surface area (Å²) in [4.78, 5) is 0. The van der Waals surface area contributed by atoms with Crippen LogP contribution in [-0.4, -0.2) is 4.57 Å². The highest BCUT2D eigenvalue weighted by molar-refractivity contribution is 6.30. The van der Waals surface area contributed by atoms with Gasteiger partial charge in [0.05, 0.1) is 0 Å². The van der Waals surface area contributed by atoms with Crippen molar-refractivity contribution in [3.8, 4) is 11.1 Å². The Morgan fingerprint density at radius 2 is 1.39 bits per heavy atom. The van der Waals surface area contributed by atoms with E-state index < -0.39 is 0 Å². The molecule has 5 aromatic carbocycles. The molecule has 31 heavy (non-hydrogen) atoms. The van der Waals surface area contributed by atoms with Crippen LogP contribution in [0, 0.1) is 0 Å². The Morgan fingerprint density at radius 3 is 2.26 bits per heavy atom. The lowest BCUT2D eigenvalue weighted by atomic mass is 9.89. The highest BCUT2D eigenvalue weighted by Crippen LogP contribution is 2.48. The van der Waals surface area contributed by atoms with Crippen LogP contribution in [0.5, 0.6) is 0 Å². The standard InChI is InChI=1S/C30H23N/c1-2-17-31-26-14-8-7-13-24(26)30-27(31)16-15-23-25-18-19-9-3-4-10-20(19)28(25)21-11-5-6-12-22(21)29(23)30/h3-16H,2,17-18H2,1H3. The van der Waals surface area contributed by atoms with E-state index in [4.69, 9.17) is 0 Å². The smallest absolute Gasteiger partial charge is 0.0498 e. The first-order valence-corrected chi connectivity index (χ1v) is 11.3. The zero-order chi connectivity index (χ0) is 20.5. The van der Waals surface area contributed by atoms with Crippen molar-refractivity contribution in [3.63, 3.8) is 0 Å². The Morgan fingerprint density at radius 1 is 0.645 bits per heavy atom. The van der Waals surface area contributed by atoms with Gasteiger partial charge in [-0.2, -0.15) is 0 Å². The maximum absolute atomic E-state index is 2.51. The third kappa shape index (κ3) is 2.16. The third-order valence-corrected chi connectivity index (χ3v) is 7.13. The van der Waals surface area contributed by atoms with Crippen LogP contribution in [0.4, 0.5) is 0 Å². The van der Waals surface area contributed by atoms with Gasteiger partial charge in [-0.05, 0) is 68.8 Å². The molecule has 1 heteroatoms. The van der Waals surface area contributed by atoms with Crippen LogP contribution in [0.25, 0.3) is 54.5 Å². The molecule has 6 aromatic rings. The fourth-order valence-electron chi connectivity index (χ4n) is 5.95. The van der Waals surface area contributed by atoms with Gasteiger partial charge in [0.1, 0.15) is 0 Å². The van der Waals surface area contributed by atoms with Crippen LogP contribution in [-0.2, 0) is 13.0 Å². The fourth-order valence-corrected chi connectivity index (χ4v) is 5.95. The number of rotatable bonds is 2. The number of benzene rings is 5. The Kier molecular flexibility index (Phi) is 3.43. The summed E-state index contributed by atoms with van der Waals surface area (Å²) in [5.41, 5.74) is 8.49. The average molecular weight is 398 g/mol. The summed E-state index contributed by atoms with van der Waals surface area (Å²) in [5, 5.41) is 8.38. The molecule has 1 nitrogen and oxygen atoms in total. The second kappa shape index (κ2) is 6.21. The van der Waals surface area contributed by atoms with Gasteiger partial charge in [0.15, 0.2) is 0 Å². The predicted molar refractivity (Wildman–Crippen MR) is 133 cm³/mol. The van der Waals surface area contributed by atoms with Crippen molar-refractivity contribution < 1.29 is 0 Å². The summed E-state index contributed by atoms with van der Waals surface area (Å²) in [6.45, 7) is 3.31. The van der Waals surface area contributed by atoms with E-state index in [0.717, 1.165) is 19.4 Å². The van der Waals surface area contributed by atoms with E-state index in [-0.39, 0.29) is 0 Å². The number of para-hydroxylation sites is 1. The molecule has 0 bridgehead atoms. The van der Waals surface area contributed by atoms with Crippen molar-refractivity contribution in [1.82, 2.24) is 4.57 Å². The van der Waals surface area contributed by atoms with E-state index in [1.54, 1.807) is 0 Å². The van der Waals surface area contributed by atoms with Gasteiger partial charge < -0.3 is 4.57 Å². The fraction of sp³-hybridized carbons (Fsp3) is 0.133. The largest absolute Gasteiger partial charge is 0.340 e. The minimum absolute atomic E-state index is 1.02. The second-order valence-corrected chi connectivity index (χ2v) is 8.78. The molecule has 148 valence electrons. The topological polar surface area (TPSA) is 4.93 Å². The molecule has 1 aromatic heterocycles. The van der Waals surface area contributed by atoms with Crippen molar-refractivity contribution in [2.75, 3.05) is 0 Å². The van der Waals surface area contributed by atoms with E-state index in [9.17, 15) is 0 Å². The van der Waals surface area contributed by atoms with Crippen molar-refractivity contribution in [2.24, 2.45) is 0 Å². The molecule has 0 amide bonds. The highest BCUT2D eigenvalue weighted by atomic mass is 15.0. The molecule has 0 aliphatic heterocycles. The summed E-state index contributed by atoms with van der Waals surface area (Å²) < 4.78 is 2.51. The van der Waals surface area contributed by atoms with Gasteiger partial charge in [-0.25, -0.2) is 0 Å². The Bertz CT molecular complexity index is 1670. The number of fused-ring (bicyclic) bond motifs is 12. The molecule has 0 fully saturated rings. The molecule has 0 atom stereocenters. The second-order valence-electron chi connectivity index (χ2n) is 8.78. The lowest BCUT2D eigenvalue weighted by Crippen LogP contribution is -1.96. The summed E-state index contributed by atoms with van der Waals surface area (Å²) in [5.74, 6) is 0. The lowest BCUT2D eigenvalue weighted by Gasteiger charge is -2.14. The number of aryl methyl sites for hydroxylation is 1. The Balaban J connectivity index is 1.76. The molecule has 1 aliphatic rings. The van der Waals surface area contributed by atoms with Gasteiger partial charge in [-0.1, -0.05) is 79.7 Å². The van der Waals surface area contributed by atoms with E-state index in [2.05, 4.69) is 96.4 Å². The summed E-state index contributed by atoms with van der Waals surface area (Å²) in [7, 11) is 0. The van der Waals surface area contributed by atoms with Crippen molar-refractivity contribution in [2.45, 2.75) is 26.3 Å². The van der Waals surface area contributed by atoms with Gasteiger partial charge in [-0.15, -0.1) is 0 Å². The summed E-state index contributed by atoms with van der Waals surface area (Å²) >= 11 is 0. The van der Waals surface area contributed by atoms with Crippen LogP contribution >= 0.6 is 0 Å². The summed E-state index contributed by atoms with van der Waals surface area (Å²) in [6.07, 6.45) is 2.15. The van der Waals surface area contributed by atoms with Gasteiger partial charge in [0.25, 0.3) is 0 Å². The molecule has 0 N–H and O–H groups in total. The van der Waals surface area contributed by atoms with E-state index >= 15 is 0 Å². The van der Waals surface area contributed by atoms with E-state index in [1.807, 2.05) is 0 Å². The first kappa shape index (κ1) is 17.1. The number of aromatic nitrogens is 1. The van der Waals surface area contributed by atoms with E-state index in [0.29, 0.717) is 0 Å². The minimum Gasteiger partial charge on any atom is -0.340 e. The monoisotopic (exact) mass is 397 g/mol. The Labute approximate surface area is 181 Å². The molecular weight excluding hydrogens is 374 g/mol. The molecule has 0 radical (unpaired) electrons. The first-order valence-electron chi connectivity index (χ1n) is 11.3. The minimum atomic E-state index is 1.02. The zero-order valence-electron chi connectivity index (χ0n) is 17.7. The normalized spacial score (nSPS) is 12.8. The van der Waals surface area contributed by atoms with Gasteiger partial charge in [0, 0.05) is 28.4 Å². The van der Waals surface area contributed by atoms with E-state index in [1.165, 1.54) is 65.6 Å². The number of nitrogens with zero attached hydrogens (tertiary/aromatic N) is 1. The third-order valence-electron chi connectivity index (χ3n) is 7.13. The number of hydrogen-bond donors (Lipinski definition) is 0. The zero-order valence-corrected chi connectivity index (χ0v) is 17.7. The van der Waals surface area contributed by atoms with Crippen LogP contribution < -0.4 is 0 Å². The molecular formula is C30H23N. The SMILES string of the molecule is CCCn1c2ccccc2c2c3c(ccc21)c1c(c2ccccc23)-c2ccccc2C1. The highest BCUT2D eigenvalue weighted by Gasteiger charge is 2.25. The predicted octanol–water partition coefficient (Wildman–Crippen LogP) is 8.08. The van der Waals surface area contributed by atoms with Crippen LogP contribution in [0.2, 0.25) is 0 Å². The average Bonchev–Trinajstić information content (AvgIpc) is 3.36. The number of hydrogen-bond acceptors (Lipinski definition) is 0. The lowest BCUT2D eigenvalue weighted by molar-refractivity contribution is 0.724. The van der Waals surface area contributed by atoms with Gasteiger partial charge in [0.2, 0.25) is 0 Å². The molecule has 7 rings (SSSR count). The van der Waals surface area contributed by atoms with Crippen LogP contribution in [0.15, 0.2) is 84.9 Å². The van der Waals surface area contributed by atoms with Gasteiger partial charge >= 0.3 is 0 Å². The molecule has 1 aliphatic carbocycles. The maximum atomic E-state index is 2.51. The van der Waals surface area contributed by atoms with Gasteiger partial charge in [-0.3, -0.25) is 0 Å². The van der Waals surface area contributed by atoms with Crippen molar-refractivity contribution in [3.05, 3.63) is 96.1 Å². The van der Waals surface area contributed by atoms with Crippen LogP contribution in [0.1, 0.15) is 24.5 Å². The molecule has 1 heterocycles. The van der Waals surface area contributed by atoms with Crippen LogP contribution in [0.3, 0.4) is 0 Å². The van der Waals surface area contributed by atoms with Crippen molar-refractivity contribution >= 4 is 43.4 Å². The molecule has 0 spiro atoms. The first-order chi connectivity index (χ1) is 15.4. The molecule has 0 saturated carbocycles. The Hall–Kier alpha value is -3.58. The maximum Gasteiger partial charge on any atom is 0.0498 e. The summed E-state index contributed by atoms with van der Waals surface area (Å²) in [6, 6.07) is 31.7.